The average molecular weight is 187 g/mol. The third-order valence-corrected chi connectivity index (χ3v) is 2.39. The maximum atomic E-state index is 11.5. The molecule has 0 saturated carbocycles. The summed E-state index contributed by atoms with van der Waals surface area (Å²) in [6, 6.07) is 8.11. The Morgan fingerprint density at radius 1 is 1.43 bits per heavy atom. The van der Waals surface area contributed by atoms with Gasteiger partial charge in [-0.05, 0) is 24.1 Å². The highest BCUT2D eigenvalue weighted by atomic mass is 16.1. The Labute approximate surface area is 83.6 Å². The molecule has 1 aliphatic rings. The SMILES string of the molecule is CCNC(=O)C1=Cc2ccccc2C1. The number of carbonyl (C=O) groups excluding carboxylic acids is 1. The Morgan fingerprint density at radius 2 is 2.21 bits per heavy atom. The molecule has 0 spiro atoms. The minimum Gasteiger partial charge on any atom is -0.353 e. The number of rotatable bonds is 2. The lowest BCUT2D eigenvalue weighted by Crippen LogP contribution is -2.24. The van der Waals surface area contributed by atoms with Crippen LogP contribution in [0.2, 0.25) is 0 Å². The van der Waals surface area contributed by atoms with Gasteiger partial charge in [-0.2, -0.15) is 0 Å². The molecule has 0 saturated heterocycles. The summed E-state index contributed by atoms with van der Waals surface area (Å²) in [4.78, 5) is 11.5. The molecule has 0 radical (unpaired) electrons. The molecule has 1 aromatic rings. The largest absolute Gasteiger partial charge is 0.353 e. The van der Waals surface area contributed by atoms with E-state index in [1.165, 1.54) is 11.1 Å². The highest BCUT2D eigenvalue weighted by Crippen LogP contribution is 2.24. The van der Waals surface area contributed by atoms with Gasteiger partial charge in [-0.25, -0.2) is 0 Å². The predicted molar refractivity (Wildman–Crippen MR) is 56.8 cm³/mol. The fourth-order valence-corrected chi connectivity index (χ4v) is 1.70. The van der Waals surface area contributed by atoms with Crippen LogP contribution in [0.4, 0.5) is 0 Å². The van der Waals surface area contributed by atoms with Gasteiger partial charge in [0, 0.05) is 18.5 Å². The van der Waals surface area contributed by atoms with E-state index in [9.17, 15) is 4.79 Å². The molecule has 72 valence electrons. The Hall–Kier alpha value is -1.57. The highest BCUT2D eigenvalue weighted by molar-refractivity contribution is 6.00. The van der Waals surface area contributed by atoms with Crippen molar-refractivity contribution in [3.8, 4) is 0 Å². The van der Waals surface area contributed by atoms with E-state index in [1.54, 1.807) is 0 Å². The number of nitrogens with one attached hydrogen (secondary N) is 1. The smallest absolute Gasteiger partial charge is 0.247 e. The molecule has 2 heteroatoms. The number of benzene rings is 1. The van der Waals surface area contributed by atoms with Crippen molar-refractivity contribution in [1.82, 2.24) is 5.32 Å². The summed E-state index contributed by atoms with van der Waals surface area (Å²) in [5, 5.41) is 2.82. The summed E-state index contributed by atoms with van der Waals surface area (Å²) in [7, 11) is 0. The third-order valence-electron chi connectivity index (χ3n) is 2.39. The monoisotopic (exact) mass is 187 g/mol. The van der Waals surface area contributed by atoms with Gasteiger partial charge in [0.15, 0.2) is 0 Å². The van der Waals surface area contributed by atoms with E-state index in [4.69, 9.17) is 0 Å². The van der Waals surface area contributed by atoms with Crippen LogP contribution in [-0.4, -0.2) is 12.5 Å². The second-order valence-electron chi connectivity index (χ2n) is 3.40. The van der Waals surface area contributed by atoms with Crippen LogP contribution in [0.3, 0.4) is 0 Å². The Balaban J connectivity index is 2.19. The van der Waals surface area contributed by atoms with Crippen LogP contribution in [0.25, 0.3) is 6.08 Å². The van der Waals surface area contributed by atoms with Gasteiger partial charge < -0.3 is 5.32 Å². The number of hydrogen-bond donors (Lipinski definition) is 1. The van der Waals surface area contributed by atoms with Crippen LogP contribution in [0, 0.1) is 0 Å². The summed E-state index contributed by atoms with van der Waals surface area (Å²) in [5.41, 5.74) is 3.29. The Bertz CT molecular complexity index is 393. The number of fused-ring (bicyclic) bond motifs is 1. The summed E-state index contributed by atoms with van der Waals surface area (Å²) in [6.45, 7) is 2.62. The van der Waals surface area contributed by atoms with Crippen molar-refractivity contribution in [2.75, 3.05) is 6.54 Å². The fraction of sp³-hybridized carbons (Fsp3) is 0.250. The van der Waals surface area contributed by atoms with Gasteiger partial charge in [-0.3, -0.25) is 4.79 Å². The van der Waals surface area contributed by atoms with Crippen molar-refractivity contribution in [2.45, 2.75) is 13.3 Å². The standard InChI is InChI=1S/C12H13NO/c1-2-13-12(14)11-7-9-5-3-4-6-10(9)8-11/h3-7H,2,8H2,1H3,(H,13,14). The first-order valence-corrected chi connectivity index (χ1v) is 4.88. The molecular formula is C12H13NO. The normalized spacial score (nSPS) is 13.4. The molecule has 0 bridgehead atoms. The fourth-order valence-electron chi connectivity index (χ4n) is 1.70. The van der Waals surface area contributed by atoms with Crippen LogP contribution < -0.4 is 5.32 Å². The maximum Gasteiger partial charge on any atom is 0.247 e. The predicted octanol–water partition coefficient (Wildman–Crippen LogP) is 1.76. The molecule has 0 heterocycles. The molecule has 14 heavy (non-hydrogen) atoms. The van der Waals surface area contributed by atoms with Crippen LogP contribution in [0.1, 0.15) is 18.1 Å². The molecule has 0 fully saturated rings. The molecule has 0 unspecified atom stereocenters. The summed E-state index contributed by atoms with van der Waals surface area (Å²) >= 11 is 0. The van der Waals surface area contributed by atoms with Gasteiger partial charge >= 0.3 is 0 Å². The van der Waals surface area contributed by atoms with E-state index in [0.29, 0.717) is 6.54 Å². The van der Waals surface area contributed by atoms with E-state index in [1.807, 2.05) is 31.2 Å². The van der Waals surface area contributed by atoms with E-state index < -0.39 is 0 Å². The molecule has 2 rings (SSSR count). The lowest BCUT2D eigenvalue weighted by Gasteiger charge is -2.01. The molecule has 2 nitrogen and oxygen atoms in total. The highest BCUT2D eigenvalue weighted by Gasteiger charge is 2.16. The molecule has 0 atom stereocenters. The van der Waals surface area contributed by atoms with Gasteiger partial charge in [-0.1, -0.05) is 24.3 Å². The number of hydrogen-bond acceptors (Lipinski definition) is 1. The summed E-state index contributed by atoms with van der Waals surface area (Å²) in [5.74, 6) is 0.0590. The van der Waals surface area contributed by atoms with Gasteiger partial charge in [0.05, 0.1) is 0 Å². The van der Waals surface area contributed by atoms with Crippen molar-refractivity contribution in [1.29, 1.82) is 0 Å². The van der Waals surface area contributed by atoms with E-state index in [2.05, 4.69) is 11.4 Å². The zero-order valence-electron chi connectivity index (χ0n) is 8.21. The minimum absolute atomic E-state index is 0.0590. The van der Waals surface area contributed by atoms with Gasteiger partial charge in [0.2, 0.25) is 5.91 Å². The second kappa shape index (κ2) is 3.66. The molecule has 0 aliphatic heterocycles. The zero-order valence-corrected chi connectivity index (χ0v) is 8.21. The van der Waals surface area contributed by atoms with Crippen molar-refractivity contribution in [2.24, 2.45) is 0 Å². The Morgan fingerprint density at radius 3 is 2.93 bits per heavy atom. The number of carbonyl (C=O) groups is 1. The number of amides is 1. The first-order chi connectivity index (χ1) is 6.81. The van der Waals surface area contributed by atoms with E-state index >= 15 is 0 Å². The second-order valence-corrected chi connectivity index (χ2v) is 3.40. The zero-order chi connectivity index (χ0) is 9.97. The maximum absolute atomic E-state index is 11.5. The van der Waals surface area contributed by atoms with Crippen molar-refractivity contribution in [3.05, 3.63) is 41.0 Å². The lowest BCUT2D eigenvalue weighted by atomic mass is 10.1. The minimum atomic E-state index is 0.0590. The molecular weight excluding hydrogens is 174 g/mol. The van der Waals surface area contributed by atoms with Crippen LogP contribution in [0.15, 0.2) is 29.8 Å². The van der Waals surface area contributed by atoms with Crippen LogP contribution >= 0.6 is 0 Å². The lowest BCUT2D eigenvalue weighted by molar-refractivity contribution is -0.117. The molecule has 1 amide bonds. The van der Waals surface area contributed by atoms with Crippen LogP contribution in [0.5, 0.6) is 0 Å². The summed E-state index contributed by atoms with van der Waals surface area (Å²) < 4.78 is 0. The number of likely N-dealkylation sites (N-methyl/N-ethyl adjacent to an activating group) is 1. The molecule has 1 aliphatic carbocycles. The van der Waals surface area contributed by atoms with Crippen molar-refractivity contribution in [3.63, 3.8) is 0 Å². The average Bonchev–Trinajstić information content (AvgIpc) is 2.61. The first-order valence-electron chi connectivity index (χ1n) is 4.88. The van der Waals surface area contributed by atoms with Gasteiger partial charge in [0.25, 0.3) is 0 Å². The van der Waals surface area contributed by atoms with Gasteiger partial charge in [-0.15, -0.1) is 0 Å². The molecule has 0 aromatic heterocycles. The van der Waals surface area contributed by atoms with E-state index in [-0.39, 0.29) is 5.91 Å². The van der Waals surface area contributed by atoms with Crippen molar-refractivity contribution >= 4 is 12.0 Å². The third kappa shape index (κ3) is 1.55. The van der Waals surface area contributed by atoms with Gasteiger partial charge in [0.1, 0.15) is 0 Å². The van der Waals surface area contributed by atoms with E-state index in [0.717, 1.165) is 12.0 Å². The quantitative estimate of drug-likeness (QED) is 0.751. The molecule has 1 aromatic carbocycles. The Kier molecular flexibility index (Phi) is 2.35. The molecule has 1 N–H and O–H groups in total. The topological polar surface area (TPSA) is 29.1 Å². The summed E-state index contributed by atoms with van der Waals surface area (Å²) in [6.07, 6.45) is 2.74. The first kappa shape index (κ1) is 9.00. The van der Waals surface area contributed by atoms with Crippen molar-refractivity contribution < 1.29 is 4.79 Å². The van der Waals surface area contributed by atoms with Crippen LogP contribution in [-0.2, 0) is 11.2 Å².